The number of aromatic nitrogens is 1. The van der Waals surface area contributed by atoms with E-state index in [1.165, 1.54) is 7.11 Å². The maximum absolute atomic E-state index is 11.8. The number of pyridine rings is 1. The van der Waals surface area contributed by atoms with E-state index in [1.807, 2.05) is 18.2 Å². The molecule has 1 aromatic heterocycles. The van der Waals surface area contributed by atoms with Gasteiger partial charge in [-0.2, -0.15) is 0 Å². The molecule has 96 valence electrons. The van der Waals surface area contributed by atoms with E-state index in [9.17, 15) is 4.79 Å². The summed E-state index contributed by atoms with van der Waals surface area (Å²) in [7, 11) is 1.38. The number of ether oxygens (including phenoxy) is 1. The second-order valence-electron chi connectivity index (χ2n) is 4.40. The summed E-state index contributed by atoms with van der Waals surface area (Å²) < 4.78 is 5.45. The lowest BCUT2D eigenvalue weighted by molar-refractivity contribution is 0.0599. The van der Waals surface area contributed by atoms with Crippen molar-refractivity contribution in [3.63, 3.8) is 0 Å². The van der Waals surface area contributed by atoms with Crippen LogP contribution in [0.1, 0.15) is 21.5 Å². The molecule has 19 heavy (non-hydrogen) atoms. The number of hydrogen-bond acceptors (Lipinski definition) is 4. The SMILES string of the molecule is COC(=O)c1cc(Br)nc2c1Cc1cc(N)ccc1-2. The molecule has 0 fully saturated rings. The van der Waals surface area contributed by atoms with E-state index in [0.29, 0.717) is 22.3 Å². The van der Waals surface area contributed by atoms with Crippen molar-refractivity contribution in [1.29, 1.82) is 0 Å². The average molecular weight is 319 g/mol. The molecule has 4 nitrogen and oxygen atoms in total. The van der Waals surface area contributed by atoms with Gasteiger partial charge in [0.15, 0.2) is 0 Å². The van der Waals surface area contributed by atoms with Crippen molar-refractivity contribution in [3.05, 3.63) is 45.6 Å². The zero-order valence-corrected chi connectivity index (χ0v) is 11.8. The highest BCUT2D eigenvalue weighted by atomic mass is 79.9. The van der Waals surface area contributed by atoms with E-state index in [1.54, 1.807) is 6.07 Å². The first-order chi connectivity index (χ1) is 9.10. The van der Waals surface area contributed by atoms with E-state index in [0.717, 1.165) is 22.4 Å². The van der Waals surface area contributed by atoms with Gasteiger partial charge in [0.05, 0.1) is 18.4 Å². The average Bonchev–Trinajstić information content (AvgIpc) is 2.74. The number of esters is 1. The zero-order valence-electron chi connectivity index (χ0n) is 10.2. The van der Waals surface area contributed by atoms with Crippen LogP contribution in [0.15, 0.2) is 28.9 Å². The molecule has 2 aromatic rings. The summed E-state index contributed by atoms with van der Waals surface area (Å²) >= 11 is 3.34. The Morgan fingerprint density at radius 2 is 2.21 bits per heavy atom. The molecule has 0 amide bonds. The summed E-state index contributed by atoms with van der Waals surface area (Å²) in [5.74, 6) is -0.347. The quantitative estimate of drug-likeness (QED) is 0.425. The number of halogens is 1. The van der Waals surface area contributed by atoms with Crippen LogP contribution >= 0.6 is 15.9 Å². The lowest BCUT2D eigenvalue weighted by Crippen LogP contribution is -2.06. The van der Waals surface area contributed by atoms with Crippen LogP contribution in [0, 0.1) is 0 Å². The first-order valence-electron chi connectivity index (χ1n) is 5.76. The van der Waals surface area contributed by atoms with Crippen LogP contribution in [0.2, 0.25) is 0 Å². The van der Waals surface area contributed by atoms with Gasteiger partial charge in [0.2, 0.25) is 0 Å². The summed E-state index contributed by atoms with van der Waals surface area (Å²) in [6, 6.07) is 7.40. The van der Waals surface area contributed by atoms with Gasteiger partial charge in [-0.15, -0.1) is 0 Å². The number of carbonyl (C=O) groups excluding carboxylic acids is 1. The van der Waals surface area contributed by atoms with E-state index < -0.39 is 0 Å². The predicted molar refractivity (Wildman–Crippen MR) is 75.9 cm³/mol. The van der Waals surface area contributed by atoms with Gasteiger partial charge < -0.3 is 10.5 Å². The van der Waals surface area contributed by atoms with E-state index in [-0.39, 0.29) is 5.97 Å². The summed E-state index contributed by atoms with van der Waals surface area (Å²) in [6.07, 6.45) is 0.653. The molecule has 0 unspecified atom stereocenters. The van der Waals surface area contributed by atoms with Gasteiger partial charge in [0.25, 0.3) is 0 Å². The fourth-order valence-corrected chi connectivity index (χ4v) is 2.82. The molecule has 0 radical (unpaired) electrons. The van der Waals surface area contributed by atoms with Crippen molar-refractivity contribution < 1.29 is 9.53 Å². The topological polar surface area (TPSA) is 65.2 Å². The second kappa shape index (κ2) is 4.35. The molecule has 0 spiro atoms. The number of benzene rings is 1. The lowest BCUT2D eigenvalue weighted by atomic mass is 10.1. The van der Waals surface area contributed by atoms with Crippen LogP contribution in [0.3, 0.4) is 0 Å². The summed E-state index contributed by atoms with van der Waals surface area (Å²) in [6.45, 7) is 0. The number of nitrogen functional groups attached to an aromatic ring is 1. The summed E-state index contributed by atoms with van der Waals surface area (Å²) in [5.41, 5.74) is 10.9. The largest absolute Gasteiger partial charge is 0.465 e. The van der Waals surface area contributed by atoms with Crippen molar-refractivity contribution in [2.75, 3.05) is 12.8 Å². The number of nitrogens with two attached hydrogens (primary N) is 1. The third-order valence-electron chi connectivity index (χ3n) is 3.25. The Morgan fingerprint density at radius 3 is 2.95 bits per heavy atom. The summed E-state index contributed by atoms with van der Waals surface area (Å²) in [4.78, 5) is 16.3. The molecule has 1 aliphatic carbocycles. The van der Waals surface area contributed by atoms with Gasteiger partial charge in [-0.05, 0) is 45.3 Å². The molecule has 1 aromatic carbocycles. The molecule has 1 heterocycles. The van der Waals surface area contributed by atoms with Crippen LogP contribution in [0.5, 0.6) is 0 Å². The Bertz CT molecular complexity index is 698. The normalized spacial score (nSPS) is 11.9. The van der Waals surface area contributed by atoms with Gasteiger partial charge in [-0.1, -0.05) is 6.07 Å². The Kier molecular flexibility index (Phi) is 2.78. The number of hydrogen-bond donors (Lipinski definition) is 1. The second-order valence-corrected chi connectivity index (χ2v) is 5.22. The van der Waals surface area contributed by atoms with Crippen LogP contribution in [0.4, 0.5) is 5.69 Å². The molecule has 2 N–H and O–H groups in total. The maximum Gasteiger partial charge on any atom is 0.338 e. The molecule has 0 bridgehead atoms. The molecule has 5 heteroatoms. The maximum atomic E-state index is 11.8. The Labute approximate surface area is 118 Å². The van der Waals surface area contributed by atoms with Gasteiger partial charge in [0, 0.05) is 17.7 Å². The van der Waals surface area contributed by atoms with E-state index in [4.69, 9.17) is 10.5 Å². The fraction of sp³-hybridized carbons (Fsp3) is 0.143. The summed E-state index contributed by atoms with van der Waals surface area (Å²) in [5, 5.41) is 0. The highest BCUT2D eigenvalue weighted by molar-refractivity contribution is 9.10. The van der Waals surface area contributed by atoms with Gasteiger partial charge in [-0.25, -0.2) is 9.78 Å². The number of fused-ring (bicyclic) bond motifs is 3. The highest BCUT2D eigenvalue weighted by Crippen LogP contribution is 2.39. The molecule has 0 atom stereocenters. The standard InChI is InChI=1S/C14H11BrN2O2/c1-19-14(18)11-6-12(15)17-13-9-3-2-8(16)4-7(9)5-10(11)13/h2-4,6H,5,16H2,1H3. The van der Waals surface area contributed by atoms with Gasteiger partial charge >= 0.3 is 5.97 Å². The number of anilines is 1. The van der Waals surface area contributed by atoms with Gasteiger partial charge in [-0.3, -0.25) is 0 Å². The molecule has 0 saturated carbocycles. The number of rotatable bonds is 1. The van der Waals surface area contributed by atoms with Crippen LogP contribution in [-0.2, 0) is 11.2 Å². The Balaban J connectivity index is 2.24. The monoisotopic (exact) mass is 318 g/mol. The van der Waals surface area contributed by atoms with Gasteiger partial charge in [0.1, 0.15) is 4.60 Å². The highest BCUT2D eigenvalue weighted by Gasteiger charge is 2.26. The van der Waals surface area contributed by atoms with Crippen molar-refractivity contribution in [2.24, 2.45) is 0 Å². The van der Waals surface area contributed by atoms with Crippen LogP contribution in [0.25, 0.3) is 11.3 Å². The predicted octanol–water partition coefficient (Wildman–Crippen LogP) is 2.78. The minimum absolute atomic E-state index is 0.347. The number of nitrogens with zero attached hydrogens (tertiary/aromatic N) is 1. The minimum Gasteiger partial charge on any atom is -0.465 e. The number of carbonyl (C=O) groups is 1. The van der Waals surface area contributed by atoms with Crippen LogP contribution in [-0.4, -0.2) is 18.1 Å². The van der Waals surface area contributed by atoms with E-state index >= 15 is 0 Å². The first kappa shape index (κ1) is 12.2. The Morgan fingerprint density at radius 1 is 1.42 bits per heavy atom. The first-order valence-corrected chi connectivity index (χ1v) is 6.56. The third kappa shape index (κ3) is 1.90. The van der Waals surface area contributed by atoms with Crippen molar-refractivity contribution in [1.82, 2.24) is 4.98 Å². The lowest BCUT2D eigenvalue weighted by Gasteiger charge is -2.06. The van der Waals surface area contributed by atoms with Crippen molar-refractivity contribution >= 4 is 27.6 Å². The molecule has 0 aliphatic heterocycles. The molecule has 0 saturated heterocycles. The third-order valence-corrected chi connectivity index (χ3v) is 3.66. The van der Waals surface area contributed by atoms with Crippen LogP contribution < -0.4 is 5.73 Å². The van der Waals surface area contributed by atoms with Crippen molar-refractivity contribution in [2.45, 2.75) is 6.42 Å². The Hall–Kier alpha value is -1.88. The number of methoxy groups -OCH3 is 1. The minimum atomic E-state index is -0.347. The molecular formula is C14H11BrN2O2. The molecule has 3 rings (SSSR count). The molecule has 1 aliphatic rings. The zero-order chi connectivity index (χ0) is 13.6. The molecular weight excluding hydrogens is 308 g/mol. The fourth-order valence-electron chi connectivity index (χ4n) is 2.42. The van der Waals surface area contributed by atoms with Crippen molar-refractivity contribution in [3.8, 4) is 11.3 Å². The smallest absolute Gasteiger partial charge is 0.338 e. The van der Waals surface area contributed by atoms with E-state index in [2.05, 4.69) is 20.9 Å².